The second kappa shape index (κ2) is 2.86. The van der Waals surface area contributed by atoms with Crippen molar-refractivity contribution in [2.45, 2.75) is 6.42 Å². The quantitative estimate of drug-likeness (QED) is 0.645. The number of nitrogens with zero attached hydrogens (tertiary/aromatic N) is 2. The Hall–Kier alpha value is -1.34. The lowest BCUT2D eigenvalue weighted by Crippen LogP contribution is -2.14. The van der Waals surface area contributed by atoms with Crippen LogP contribution in [0.5, 0.6) is 0 Å². The minimum absolute atomic E-state index is 0.0299. The van der Waals surface area contributed by atoms with Gasteiger partial charge in [0.2, 0.25) is 5.91 Å². The molecule has 1 aliphatic heterocycles. The molecule has 13 heavy (non-hydrogen) atoms. The van der Waals surface area contributed by atoms with Crippen LogP contribution < -0.4 is 3.93 Å². The molecule has 0 fully saturated rings. The molecule has 0 spiro atoms. The Kier molecular flexibility index (Phi) is 1.82. The summed E-state index contributed by atoms with van der Waals surface area (Å²) in [5, 5.41) is 8.80. The van der Waals surface area contributed by atoms with Gasteiger partial charge in [-0.2, -0.15) is 5.26 Å². The van der Waals surface area contributed by atoms with Gasteiger partial charge in [0.1, 0.15) is 6.07 Å². The predicted octanol–water partition coefficient (Wildman–Crippen LogP) is 1.76. The van der Waals surface area contributed by atoms with Crippen LogP contribution in [0.1, 0.15) is 11.1 Å². The van der Waals surface area contributed by atoms with Gasteiger partial charge in [-0.15, -0.1) is 0 Å². The van der Waals surface area contributed by atoms with Gasteiger partial charge in [-0.1, -0.05) is 12.1 Å². The van der Waals surface area contributed by atoms with E-state index in [0.29, 0.717) is 17.7 Å². The van der Waals surface area contributed by atoms with E-state index in [0.717, 1.165) is 5.56 Å². The minimum atomic E-state index is -0.0299. The Labute approximate surface area is 83.9 Å². The highest BCUT2D eigenvalue weighted by molar-refractivity contribution is 9.10. The second-order valence-corrected chi connectivity index (χ2v) is 3.49. The van der Waals surface area contributed by atoms with Crippen molar-refractivity contribution in [2.75, 3.05) is 3.93 Å². The van der Waals surface area contributed by atoms with Crippen LogP contribution in [0, 0.1) is 11.3 Å². The summed E-state index contributed by atoms with van der Waals surface area (Å²) in [5.74, 6) is -0.0299. The van der Waals surface area contributed by atoms with E-state index in [1.54, 1.807) is 12.1 Å². The van der Waals surface area contributed by atoms with Crippen LogP contribution in [0.15, 0.2) is 18.2 Å². The molecule has 1 amide bonds. The van der Waals surface area contributed by atoms with Gasteiger partial charge in [0, 0.05) is 0 Å². The molecule has 2 rings (SSSR count). The third-order valence-electron chi connectivity index (χ3n) is 2.00. The molecule has 3 nitrogen and oxygen atoms in total. The maximum atomic E-state index is 11.3. The molecule has 0 saturated heterocycles. The molecule has 1 aliphatic rings. The van der Waals surface area contributed by atoms with Crippen molar-refractivity contribution < 1.29 is 4.79 Å². The number of hydrogen-bond acceptors (Lipinski definition) is 2. The molecule has 1 heterocycles. The zero-order chi connectivity index (χ0) is 9.42. The van der Waals surface area contributed by atoms with Gasteiger partial charge in [-0.3, -0.25) is 4.79 Å². The van der Waals surface area contributed by atoms with Gasteiger partial charge in [0.05, 0.1) is 33.8 Å². The molecule has 64 valence electrons. The summed E-state index contributed by atoms with van der Waals surface area (Å²) in [5.41, 5.74) is 2.12. The standard InChI is InChI=1S/C9H5BrN2O/c10-12-8(13)4-6-2-1-3-7(5-11)9(6)12/h1-3H,4H2. The number of amides is 1. The fourth-order valence-corrected chi connectivity index (χ4v) is 1.96. The average Bonchev–Trinajstić information content (AvgIpc) is 2.43. The Morgan fingerprint density at radius 2 is 2.31 bits per heavy atom. The molecule has 1 aromatic carbocycles. The molecule has 0 radical (unpaired) electrons. The van der Waals surface area contributed by atoms with Crippen molar-refractivity contribution in [3.63, 3.8) is 0 Å². The van der Waals surface area contributed by atoms with E-state index in [4.69, 9.17) is 5.26 Å². The number of benzene rings is 1. The van der Waals surface area contributed by atoms with Crippen molar-refractivity contribution in [2.24, 2.45) is 0 Å². The van der Waals surface area contributed by atoms with E-state index >= 15 is 0 Å². The number of rotatable bonds is 0. The number of anilines is 1. The van der Waals surface area contributed by atoms with Crippen molar-refractivity contribution in [1.29, 1.82) is 5.26 Å². The molecule has 0 atom stereocenters. The molecule has 0 bridgehead atoms. The van der Waals surface area contributed by atoms with E-state index in [-0.39, 0.29) is 5.91 Å². The third kappa shape index (κ3) is 1.12. The monoisotopic (exact) mass is 236 g/mol. The van der Waals surface area contributed by atoms with Crippen LogP contribution in [0.2, 0.25) is 0 Å². The molecule has 0 aliphatic carbocycles. The predicted molar refractivity (Wildman–Crippen MR) is 51.3 cm³/mol. The SMILES string of the molecule is N#Cc1cccc2c1N(Br)C(=O)C2. The molecule has 0 aromatic heterocycles. The Bertz CT molecular complexity index is 422. The van der Waals surface area contributed by atoms with E-state index in [2.05, 4.69) is 22.2 Å². The number of hydrogen-bond donors (Lipinski definition) is 0. The maximum absolute atomic E-state index is 11.3. The van der Waals surface area contributed by atoms with Crippen LogP contribution in [0.4, 0.5) is 5.69 Å². The van der Waals surface area contributed by atoms with Crippen LogP contribution in [-0.2, 0) is 11.2 Å². The number of carbonyl (C=O) groups is 1. The summed E-state index contributed by atoms with van der Waals surface area (Å²) >= 11 is 3.13. The van der Waals surface area contributed by atoms with E-state index < -0.39 is 0 Å². The molecule has 0 unspecified atom stereocenters. The first-order valence-corrected chi connectivity index (χ1v) is 4.45. The summed E-state index contributed by atoms with van der Waals surface area (Å²) in [6, 6.07) is 7.40. The van der Waals surface area contributed by atoms with Crippen molar-refractivity contribution >= 4 is 27.7 Å². The lowest BCUT2D eigenvalue weighted by Gasteiger charge is -2.07. The van der Waals surface area contributed by atoms with Gasteiger partial charge in [0.25, 0.3) is 0 Å². The Morgan fingerprint density at radius 3 is 3.00 bits per heavy atom. The number of halogens is 1. The number of nitriles is 1. The fourth-order valence-electron chi connectivity index (χ4n) is 1.41. The maximum Gasteiger partial charge on any atom is 0.241 e. The van der Waals surface area contributed by atoms with Crippen molar-refractivity contribution in [3.8, 4) is 6.07 Å². The summed E-state index contributed by atoms with van der Waals surface area (Å²) in [6.07, 6.45) is 0.371. The Balaban J connectivity index is 2.66. The van der Waals surface area contributed by atoms with Crippen molar-refractivity contribution in [3.05, 3.63) is 29.3 Å². The lowest BCUT2D eigenvalue weighted by atomic mass is 10.1. The zero-order valence-corrected chi connectivity index (χ0v) is 8.21. The molecular formula is C9H5BrN2O. The van der Waals surface area contributed by atoms with Gasteiger partial charge in [-0.25, -0.2) is 3.93 Å². The zero-order valence-electron chi connectivity index (χ0n) is 6.62. The molecule has 4 heteroatoms. The van der Waals surface area contributed by atoms with E-state index in [1.165, 1.54) is 3.93 Å². The summed E-state index contributed by atoms with van der Waals surface area (Å²) < 4.78 is 1.36. The van der Waals surface area contributed by atoms with Crippen LogP contribution in [0.3, 0.4) is 0 Å². The summed E-state index contributed by atoms with van der Waals surface area (Å²) in [6.45, 7) is 0. The minimum Gasteiger partial charge on any atom is -0.273 e. The number of carbonyl (C=O) groups excluding carboxylic acids is 1. The average molecular weight is 237 g/mol. The molecular weight excluding hydrogens is 232 g/mol. The van der Waals surface area contributed by atoms with Gasteiger partial charge in [0.15, 0.2) is 0 Å². The first kappa shape index (κ1) is 8.27. The number of fused-ring (bicyclic) bond motifs is 1. The topological polar surface area (TPSA) is 44.1 Å². The third-order valence-corrected chi connectivity index (χ3v) is 2.75. The van der Waals surface area contributed by atoms with Gasteiger partial charge >= 0.3 is 0 Å². The van der Waals surface area contributed by atoms with Gasteiger partial charge < -0.3 is 0 Å². The van der Waals surface area contributed by atoms with E-state index in [9.17, 15) is 4.79 Å². The highest BCUT2D eigenvalue weighted by Gasteiger charge is 2.27. The normalized spacial score (nSPS) is 14.2. The largest absolute Gasteiger partial charge is 0.273 e. The van der Waals surface area contributed by atoms with E-state index in [1.807, 2.05) is 6.07 Å². The lowest BCUT2D eigenvalue weighted by molar-refractivity contribution is -0.116. The highest BCUT2D eigenvalue weighted by Crippen LogP contribution is 2.34. The highest BCUT2D eigenvalue weighted by atomic mass is 79.9. The van der Waals surface area contributed by atoms with Crippen molar-refractivity contribution in [1.82, 2.24) is 0 Å². The Morgan fingerprint density at radius 1 is 1.54 bits per heavy atom. The molecule has 1 aromatic rings. The first-order chi connectivity index (χ1) is 6.24. The molecule has 0 saturated carbocycles. The summed E-state index contributed by atoms with van der Waals surface area (Å²) in [4.78, 5) is 11.3. The first-order valence-electron chi connectivity index (χ1n) is 3.75. The van der Waals surface area contributed by atoms with Crippen LogP contribution >= 0.6 is 16.1 Å². The summed E-state index contributed by atoms with van der Waals surface area (Å²) in [7, 11) is 0. The van der Waals surface area contributed by atoms with Gasteiger partial charge in [-0.05, 0) is 11.6 Å². The van der Waals surface area contributed by atoms with Crippen LogP contribution in [0.25, 0.3) is 0 Å². The number of para-hydroxylation sites is 1. The van der Waals surface area contributed by atoms with Crippen LogP contribution in [-0.4, -0.2) is 5.91 Å². The fraction of sp³-hybridized carbons (Fsp3) is 0.111. The smallest absolute Gasteiger partial charge is 0.241 e. The second-order valence-electron chi connectivity index (χ2n) is 2.78. The molecule has 0 N–H and O–H groups in total.